The smallest absolute Gasteiger partial charge is 0.282 e. The summed E-state index contributed by atoms with van der Waals surface area (Å²) in [6.45, 7) is 1.96. The number of nitrogens with zero attached hydrogens (tertiary/aromatic N) is 2. The summed E-state index contributed by atoms with van der Waals surface area (Å²) in [6, 6.07) is 1.16. The molecule has 3 aliphatic heterocycles. The molecule has 3 heterocycles. The topological polar surface area (TPSA) is 61.9 Å². The van der Waals surface area contributed by atoms with E-state index in [1.54, 1.807) is 15.7 Å². The maximum Gasteiger partial charge on any atom is 0.282 e. The highest BCUT2D eigenvalue weighted by molar-refractivity contribution is 7.86. The van der Waals surface area contributed by atoms with Crippen LogP contribution in [0.1, 0.15) is 25.7 Å². The molecule has 118 valence electrons. The van der Waals surface area contributed by atoms with Gasteiger partial charge in [-0.05, 0) is 25.7 Å². The number of rotatable bonds is 3. The molecule has 0 radical (unpaired) electrons. The second-order valence-corrected chi connectivity index (χ2v) is 7.79. The van der Waals surface area contributed by atoms with Gasteiger partial charge in [0, 0.05) is 38.3 Å². The Morgan fingerprint density at radius 3 is 2.25 bits per heavy atom. The molecular formula is C12H24ClN3O3S. The number of piperidine rings is 1. The minimum Gasteiger partial charge on any atom is -0.379 e. The van der Waals surface area contributed by atoms with Crippen LogP contribution in [0, 0.1) is 0 Å². The maximum atomic E-state index is 12.6. The van der Waals surface area contributed by atoms with Crippen molar-refractivity contribution in [3.8, 4) is 0 Å². The second-order valence-electron chi connectivity index (χ2n) is 5.80. The van der Waals surface area contributed by atoms with Crippen molar-refractivity contribution in [1.29, 1.82) is 0 Å². The average molecular weight is 326 g/mol. The van der Waals surface area contributed by atoms with E-state index < -0.39 is 10.2 Å². The molecule has 2 bridgehead atoms. The predicted octanol–water partition coefficient (Wildman–Crippen LogP) is 0.200. The Bertz CT molecular complexity index is 416. The fraction of sp³-hybridized carbons (Fsp3) is 1.00. The molecule has 3 aliphatic rings. The normalized spacial score (nSPS) is 35.0. The lowest BCUT2D eigenvalue weighted by Gasteiger charge is -2.38. The van der Waals surface area contributed by atoms with E-state index in [0.717, 1.165) is 12.8 Å². The van der Waals surface area contributed by atoms with E-state index >= 15 is 0 Å². The first-order valence-electron chi connectivity index (χ1n) is 7.14. The van der Waals surface area contributed by atoms with Crippen molar-refractivity contribution in [2.45, 2.75) is 43.8 Å². The van der Waals surface area contributed by atoms with Gasteiger partial charge in [-0.25, -0.2) is 0 Å². The van der Waals surface area contributed by atoms with E-state index in [9.17, 15) is 8.42 Å². The van der Waals surface area contributed by atoms with E-state index in [0.29, 0.717) is 38.4 Å². The van der Waals surface area contributed by atoms with Gasteiger partial charge in [0.15, 0.2) is 0 Å². The van der Waals surface area contributed by atoms with E-state index in [4.69, 9.17) is 4.74 Å². The molecule has 0 spiro atoms. The Labute approximate surface area is 127 Å². The molecule has 3 saturated heterocycles. The molecule has 2 unspecified atom stereocenters. The van der Waals surface area contributed by atoms with Gasteiger partial charge in [0.25, 0.3) is 10.2 Å². The first-order valence-corrected chi connectivity index (χ1v) is 8.54. The Kier molecular flexibility index (Phi) is 5.31. The van der Waals surface area contributed by atoms with Crippen molar-refractivity contribution < 1.29 is 13.2 Å². The predicted molar refractivity (Wildman–Crippen MR) is 79.3 cm³/mol. The second kappa shape index (κ2) is 6.46. The molecule has 3 fully saturated rings. The molecule has 0 aromatic carbocycles. The zero-order valence-electron chi connectivity index (χ0n) is 11.8. The summed E-state index contributed by atoms with van der Waals surface area (Å²) in [4.78, 5) is 0. The van der Waals surface area contributed by atoms with Gasteiger partial charge >= 0.3 is 0 Å². The van der Waals surface area contributed by atoms with Crippen LogP contribution in [0.2, 0.25) is 0 Å². The zero-order valence-corrected chi connectivity index (χ0v) is 13.5. The summed E-state index contributed by atoms with van der Waals surface area (Å²) in [5.74, 6) is 0. The number of nitrogens with one attached hydrogen (secondary N) is 1. The van der Waals surface area contributed by atoms with E-state index in [1.807, 2.05) is 0 Å². The van der Waals surface area contributed by atoms with Gasteiger partial charge in [0.1, 0.15) is 0 Å². The molecule has 20 heavy (non-hydrogen) atoms. The minimum absolute atomic E-state index is 0. The molecule has 0 saturated carbocycles. The quantitative estimate of drug-likeness (QED) is 0.805. The van der Waals surface area contributed by atoms with Crippen LogP contribution in [0.3, 0.4) is 0 Å². The van der Waals surface area contributed by atoms with Crippen LogP contribution in [0.15, 0.2) is 0 Å². The van der Waals surface area contributed by atoms with Gasteiger partial charge in [-0.15, -0.1) is 12.4 Å². The first-order chi connectivity index (χ1) is 9.07. The van der Waals surface area contributed by atoms with Crippen LogP contribution < -0.4 is 5.32 Å². The molecule has 2 atom stereocenters. The van der Waals surface area contributed by atoms with Gasteiger partial charge < -0.3 is 10.1 Å². The van der Waals surface area contributed by atoms with E-state index in [1.165, 1.54) is 12.8 Å². The SMILES string of the molecule is CN(C1CC2CCC(C1)N2)S(=O)(=O)N1CCOCC1.Cl. The molecule has 0 aromatic heterocycles. The Balaban J connectivity index is 0.00000147. The summed E-state index contributed by atoms with van der Waals surface area (Å²) in [5, 5.41) is 3.55. The van der Waals surface area contributed by atoms with Gasteiger partial charge in [-0.1, -0.05) is 0 Å². The lowest BCUT2D eigenvalue weighted by molar-refractivity contribution is 0.0692. The van der Waals surface area contributed by atoms with Crippen LogP contribution in [0.5, 0.6) is 0 Å². The highest BCUT2D eigenvalue weighted by Crippen LogP contribution is 2.30. The summed E-state index contributed by atoms with van der Waals surface area (Å²) >= 11 is 0. The van der Waals surface area contributed by atoms with Crippen molar-refractivity contribution in [1.82, 2.24) is 13.9 Å². The number of hydrogen-bond acceptors (Lipinski definition) is 4. The highest BCUT2D eigenvalue weighted by atomic mass is 35.5. The van der Waals surface area contributed by atoms with Crippen LogP contribution in [0.4, 0.5) is 0 Å². The summed E-state index contributed by atoms with van der Waals surface area (Å²) < 4.78 is 33.6. The number of halogens is 1. The molecule has 0 aromatic rings. The maximum absolute atomic E-state index is 12.6. The fourth-order valence-electron chi connectivity index (χ4n) is 3.47. The highest BCUT2D eigenvalue weighted by Gasteiger charge is 2.40. The van der Waals surface area contributed by atoms with Gasteiger partial charge in [-0.3, -0.25) is 0 Å². The average Bonchev–Trinajstić information content (AvgIpc) is 2.77. The summed E-state index contributed by atoms with van der Waals surface area (Å²) in [7, 11) is -1.59. The van der Waals surface area contributed by atoms with E-state index in [-0.39, 0.29) is 18.4 Å². The van der Waals surface area contributed by atoms with Gasteiger partial charge in [-0.2, -0.15) is 17.0 Å². The first kappa shape index (κ1) is 16.5. The largest absolute Gasteiger partial charge is 0.379 e. The summed E-state index contributed by atoms with van der Waals surface area (Å²) in [5.41, 5.74) is 0. The van der Waals surface area contributed by atoms with Crippen molar-refractivity contribution in [2.24, 2.45) is 0 Å². The molecule has 1 N–H and O–H groups in total. The summed E-state index contributed by atoms with van der Waals surface area (Å²) in [6.07, 6.45) is 4.26. The Morgan fingerprint density at radius 2 is 1.70 bits per heavy atom. The van der Waals surface area contributed by atoms with Crippen molar-refractivity contribution in [3.05, 3.63) is 0 Å². The number of hydrogen-bond donors (Lipinski definition) is 1. The molecule has 6 nitrogen and oxygen atoms in total. The van der Waals surface area contributed by atoms with Crippen LogP contribution in [-0.4, -0.2) is 68.5 Å². The lowest BCUT2D eigenvalue weighted by atomic mass is 10.0. The minimum atomic E-state index is -3.32. The third kappa shape index (κ3) is 3.13. The number of ether oxygens (including phenoxy) is 1. The molecule has 8 heteroatoms. The van der Waals surface area contributed by atoms with Crippen LogP contribution in [0.25, 0.3) is 0 Å². The number of morpholine rings is 1. The van der Waals surface area contributed by atoms with Crippen LogP contribution >= 0.6 is 12.4 Å². The van der Waals surface area contributed by atoms with Crippen LogP contribution in [-0.2, 0) is 14.9 Å². The molecular weight excluding hydrogens is 302 g/mol. The third-order valence-corrected chi connectivity index (χ3v) is 6.67. The third-order valence-electron chi connectivity index (χ3n) is 4.62. The zero-order chi connectivity index (χ0) is 13.5. The monoisotopic (exact) mass is 325 g/mol. The van der Waals surface area contributed by atoms with Gasteiger partial charge in [0.05, 0.1) is 13.2 Å². The lowest BCUT2D eigenvalue weighted by Crippen LogP contribution is -2.54. The van der Waals surface area contributed by atoms with E-state index in [2.05, 4.69) is 5.32 Å². The Hall–Kier alpha value is 0.0800. The number of fused-ring (bicyclic) bond motifs is 2. The van der Waals surface area contributed by atoms with Gasteiger partial charge in [0.2, 0.25) is 0 Å². The fourth-order valence-corrected chi connectivity index (χ4v) is 5.00. The van der Waals surface area contributed by atoms with Crippen molar-refractivity contribution in [3.63, 3.8) is 0 Å². The molecule has 0 amide bonds. The standard InChI is InChI=1S/C12H23N3O3S.ClH/c1-14(12-8-10-2-3-11(9-12)13-10)19(16,17)15-4-6-18-7-5-15;/h10-13H,2-9H2,1H3;1H. The van der Waals surface area contributed by atoms with Crippen molar-refractivity contribution in [2.75, 3.05) is 33.4 Å². The Morgan fingerprint density at radius 1 is 1.15 bits per heavy atom. The van der Waals surface area contributed by atoms with Crippen molar-refractivity contribution >= 4 is 22.6 Å². The molecule has 0 aliphatic carbocycles. The molecule has 3 rings (SSSR count).